The first-order chi connectivity index (χ1) is 15.9. The van der Waals surface area contributed by atoms with Crippen LogP contribution in [0.5, 0.6) is 11.5 Å². The number of aryl methyl sites for hydroxylation is 2. The largest absolute Gasteiger partial charge is 0.493 e. The predicted molar refractivity (Wildman–Crippen MR) is 125 cm³/mol. The molecule has 3 aromatic rings. The third-order valence-corrected chi connectivity index (χ3v) is 5.96. The van der Waals surface area contributed by atoms with Gasteiger partial charge in [-0.05, 0) is 25.0 Å². The number of carbonyl (C=O) groups excluding carboxylic acids is 1. The molecule has 0 atom stereocenters. The topological polar surface area (TPSA) is 93.8 Å². The lowest BCUT2D eigenvalue weighted by Gasteiger charge is -2.35. The Bertz CT molecular complexity index is 1160. The van der Waals surface area contributed by atoms with Crippen LogP contribution in [0.3, 0.4) is 0 Å². The molecule has 2 heterocycles. The molecule has 1 fully saturated rings. The molecule has 0 bridgehead atoms. The van der Waals surface area contributed by atoms with E-state index in [9.17, 15) is 4.79 Å². The molecular formula is C24H28FN5O3. The van der Waals surface area contributed by atoms with Crippen LogP contribution in [-0.2, 0) is 11.2 Å². The van der Waals surface area contributed by atoms with Gasteiger partial charge in [-0.15, -0.1) is 0 Å². The lowest BCUT2D eigenvalue weighted by molar-refractivity contribution is -0.131. The maximum Gasteiger partial charge on any atom is 0.228 e. The van der Waals surface area contributed by atoms with Crippen LogP contribution in [0.2, 0.25) is 0 Å². The Kier molecular flexibility index (Phi) is 6.48. The highest BCUT2D eigenvalue weighted by Gasteiger charge is 2.25. The number of rotatable bonds is 6. The number of fused-ring (bicyclic) bond motifs is 1. The van der Waals surface area contributed by atoms with Gasteiger partial charge >= 0.3 is 0 Å². The quantitative estimate of drug-likeness (QED) is 0.613. The zero-order valence-electron chi connectivity index (χ0n) is 19.1. The van der Waals surface area contributed by atoms with E-state index in [1.807, 2.05) is 16.7 Å². The van der Waals surface area contributed by atoms with Gasteiger partial charge < -0.3 is 25.0 Å². The second-order valence-corrected chi connectivity index (χ2v) is 8.08. The minimum absolute atomic E-state index is 0.0296. The van der Waals surface area contributed by atoms with Gasteiger partial charge in [-0.1, -0.05) is 29.8 Å². The van der Waals surface area contributed by atoms with E-state index in [1.54, 1.807) is 6.07 Å². The Morgan fingerprint density at radius 1 is 1.09 bits per heavy atom. The summed E-state index contributed by atoms with van der Waals surface area (Å²) in [4.78, 5) is 25.2. The van der Waals surface area contributed by atoms with Crippen molar-refractivity contribution in [3.63, 3.8) is 0 Å². The number of halogens is 1. The van der Waals surface area contributed by atoms with Crippen molar-refractivity contribution in [2.45, 2.75) is 19.8 Å². The van der Waals surface area contributed by atoms with E-state index in [1.165, 1.54) is 19.8 Å². The van der Waals surface area contributed by atoms with E-state index in [-0.39, 0.29) is 28.7 Å². The molecule has 1 aliphatic heterocycles. The molecule has 8 nitrogen and oxygen atoms in total. The Balaban J connectivity index is 1.44. The number of hydrogen-bond acceptors (Lipinski definition) is 7. The van der Waals surface area contributed by atoms with Crippen LogP contribution in [0.1, 0.15) is 17.5 Å². The van der Waals surface area contributed by atoms with Crippen molar-refractivity contribution >= 4 is 28.6 Å². The molecule has 2 N–H and O–H groups in total. The van der Waals surface area contributed by atoms with Gasteiger partial charge in [0.05, 0.1) is 14.2 Å². The molecule has 1 aromatic heterocycles. The molecule has 174 valence electrons. The number of carbonyl (C=O) groups is 1. The molecule has 0 radical (unpaired) electrons. The summed E-state index contributed by atoms with van der Waals surface area (Å²) in [6, 6.07) is 9.81. The zero-order chi connectivity index (χ0) is 23.5. The van der Waals surface area contributed by atoms with Crippen LogP contribution in [0.4, 0.5) is 16.2 Å². The number of ether oxygens (including phenoxy) is 2. The number of amides is 1. The summed E-state index contributed by atoms with van der Waals surface area (Å²) < 4.78 is 25.4. The van der Waals surface area contributed by atoms with E-state index < -0.39 is 5.82 Å². The van der Waals surface area contributed by atoms with Crippen LogP contribution < -0.4 is 20.1 Å². The van der Waals surface area contributed by atoms with Gasteiger partial charge in [-0.2, -0.15) is 4.98 Å². The molecule has 33 heavy (non-hydrogen) atoms. The average molecular weight is 454 g/mol. The third kappa shape index (κ3) is 4.62. The zero-order valence-corrected chi connectivity index (χ0v) is 19.1. The molecule has 4 rings (SSSR count). The minimum Gasteiger partial charge on any atom is -0.493 e. The number of nitrogens with two attached hydrogens (primary N) is 1. The molecule has 2 aromatic carbocycles. The summed E-state index contributed by atoms with van der Waals surface area (Å²) in [5.41, 5.74) is 8.56. The molecule has 0 aliphatic carbocycles. The molecule has 0 unspecified atom stereocenters. The first-order valence-corrected chi connectivity index (χ1v) is 10.9. The van der Waals surface area contributed by atoms with Crippen molar-refractivity contribution in [3.05, 3.63) is 47.3 Å². The fourth-order valence-corrected chi connectivity index (χ4v) is 4.00. The maximum atomic E-state index is 15.0. The van der Waals surface area contributed by atoms with Gasteiger partial charge in [0.15, 0.2) is 17.3 Å². The summed E-state index contributed by atoms with van der Waals surface area (Å²) in [6.45, 7) is 4.21. The van der Waals surface area contributed by atoms with Crippen LogP contribution in [0, 0.1) is 12.7 Å². The highest BCUT2D eigenvalue weighted by atomic mass is 19.1. The highest BCUT2D eigenvalue weighted by Crippen LogP contribution is 2.37. The van der Waals surface area contributed by atoms with E-state index in [4.69, 9.17) is 15.2 Å². The van der Waals surface area contributed by atoms with Crippen LogP contribution in [-0.4, -0.2) is 61.2 Å². The number of hydrogen-bond donors (Lipinski definition) is 1. The summed E-state index contributed by atoms with van der Waals surface area (Å²) in [5, 5.41) is 0.360. The molecule has 0 saturated carbocycles. The predicted octanol–water partition coefficient (Wildman–Crippen LogP) is 2.96. The SMILES string of the molecule is COc1cc2c(N)nc(N3CCN(C(=O)CCc4ccc(C)cc4)CC3)nc2c(F)c1OC. The Hall–Kier alpha value is -3.62. The first-order valence-electron chi connectivity index (χ1n) is 10.9. The highest BCUT2D eigenvalue weighted by molar-refractivity contribution is 5.92. The monoisotopic (exact) mass is 453 g/mol. The van der Waals surface area contributed by atoms with E-state index in [0.29, 0.717) is 50.4 Å². The van der Waals surface area contributed by atoms with Crippen molar-refractivity contribution < 1.29 is 18.7 Å². The Morgan fingerprint density at radius 3 is 2.42 bits per heavy atom. The second kappa shape index (κ2) is 9.48. The number of piperazine rings is 1. The Labute approximate surface area is 192 Å². The van der Waals surface area contributed by atoms with E-state index in [2.05, 4.69) is 34.2 Å². The summed E-state index contributed by atoms with van der Waals surface area (Å²) in [5.74, 6) is 0.162. The standard InChI is InChI=1S/C24H28FN5O3/c1-15-4-6-16(7-5-15)8-9-19(31)29-10-12-30(13-11-29)24-27-21-17(23(26)28-24)14-18(32-2)22(33-3)20(21)25/h4-7,14H,8-13H2,1-3H3,(H2,26,27,28). The van der Waals surface area contributed by atoms with Crippen molar-refractivity contribution in [2.24, 2.45) is 0 Å². The van der Waals surface area contributed by atoms with Gasteiger partial charge in [0.1, 0.15) is 11.3 Å². The van der Waals surface area contributed by atoms with E-state index in [0.717, 1.165) is 5.56 Å². The maximum absolute atomic E-state index is 15.0. The summed E-state index contributed by atoms with van der Waals surface area (Å²) >= 11 is 0. The van der Waals surface area contributed by atoms with Crippen LogP contribution in [0.15, 0.2) is 30.3 Å². The summed E-state index contributed by atoms with van der Waals surface area (Å²) in [6.07, 6.45) is 1.18. The van der Waals surface area contributed by atoms with Gasteiger partial charge in [0.2, 0.25) is 11.9 Å². The van der Waals surface area contributed by atoms with Crippen molar-refractivity contribution in [3.8, 4) is 11.5 Å². The minimum atomic E-state index is -0.646. The van der Waals surface area contributed by atoms with Crippen molar-refractivity contribution in [1.82, 2.24) is 14.9 Å². The number of aromatic nitrogens is 2. The lowest BCUT2D eigenvalue weighted by Crippen LogP contribution is -2.49. The average Bonchev–Trinajstić information content (AvgIpc) is 2.83. The molecular weight excluding hydrogens is 425 g/mol. The Morgan fingerprint density at radius 2 is 1.79 bits per heavy atom. The second-order valence-electron chi connectivity index (χ2n) is 8.08. The number of nitrogen functional groups attached to an aromatic ring is 1. The van der Waals surface area contributed by atoms with E-state index >= 15 is 4.39 Å². The van der Waals surface area contributed by atoms with Crippen molar-refractivity contribution in [2.75, 3.05) is 51.0 Å². The van der Waals surface area contributed by atoms with Gasteiger partial charge in [0.25, 0.3) is 0 Å². The number of anilines is 2. The van der Waals surface area contributed by atoms with Gasteiger partial charge in [-0.3, -0.25) is 4.79 Å². The normalized spacial score (nSPS) is 13.9. The molecule has 1 saturated heterocycles. The first kappa shape index (κ1) is 22.6. The van der Waals surface area contributed by atoms with Gasteiger partial charge in [-0.25, -0.2) is 9.37 Å². The number of benzene rings is 2. The fraction of sp³-hybridized carbons (Fsp3) is 0.375. The van der Waals surface area contributed by atoms with Crippen LogP contribution >= 0.6 is 0 Å². The number of nitrogens with zero attached hydrogens (tertiary/aromatic N) is 4. The van der Waals surface area contributed by atoms with Gasteiger partial charge in [0, 0.05) is 38.0 Å². The molecule has 1 aliphatic rings. The molecule has 9 heteroatoms. The molecule has 0 spiro atoms. The summed E-state index contributed by atoms with van der Waals surface area (Å²) in [7, 11) is 2.80. The lowest BCUT2D eigenvalue weighted by atomic mass is 10.1. The smallest absolute Gasteiger partial charge is 0.228 e. The number of methoxy groups -OCH3 is 2. The molecule has 1 amide bonds. The van der Waals surface area contributed by atoms with Crippen molar-refractivity contribution in [1.29, 1.82) is 0 Å². The fourth-order valence-electron chi connectivity index (χ4n) is 4.00. The third-order valence-electron chi connectivity index (χ3n) is 5.96. The van der Waals surface area contributed by atoms with Crippen LogP contribution in [0.25, 0.3) is 10.9 Å².